The summed E-state index contributed by atoms with van der Waals surface area (Å²) in [6, 6.07) is 1.67. The van der Waals surface area contributed by atoms with E-state index >= 15 is 0 Å². The molecule has 0 fully saturated rings. The molecule has 0 aliphatic carbocycles. The Morgan fingerprint density at radius 2 is 2.31 bits per heavy atom. The molecule has 2 rings (SSSR count). The van der Waals surface area contributed by atoms with E-state index in [1.807, 2.05) is 0 Å². The minimum Gasteiger partial charge on any atom is -0.365 e. The van der Waals surface area contributed by atoms with Crippen LogP contribution in [0, 0.1) is 0 Å². The van der Waals surface area contributed by atoms with Gasteiger partial charge in [0.15, 0.2) is 0 Å². The van der Waals surface area contributed by atoms with E-state index in [1.54, 1.807) is 11.4 Å². The molecule has 4 nitrogen and oxygen atoms in total. The normalized spacial score (nSPS) is 10.5. The highest BCUT2D eigenvalue weighted by Crippen LogP contribution is 2.14. The number of amides is 1. The molecule has 3 N–H and O–H groups in total. The van der Waals surface area contributed by atoms with Gasteiger partial charge < -0.3 is 10.7 Å². The molecule has 0 aliphatic rings. The smallest absolute Gasteiger partial charge is 0.254 e. The zero-order chi connectivity index (χ0) is 9.42. The number of aromatic amines is 1. The zero-order valence-electron chi connectivity index (χ0n) is 6.53. The van der Waals surface area contributed by atoms with Crippen LogP contribution in [0.4, 0.5) is 0 Å². The molecular formula is C8H6N2O2S. The van der Waals surface area contributed by atoms with Crippen molar-refractivity contribution in [2.45, 2.75) is 0 Å². The summed E-state index contributed by atoms with van der Waals surface area (Å²) < 4.78 is 0. The van der Waals surface area contributed by atoms with E-state index in [1.165, 1.54) is 17.5 Å². The molecular weight excluding hydrogens is 188 g/mol. The number of carbonyl (C=O) groups excluding carboxylic acids is 1. The maximum absolute atomic E-state index is 11.5. The number of thiophene rings is 1. The number of H-pyrrole nitrogens is 1. The average Bonchev–Trinajstić information content (AvgIpc) is 2.52. The van der Waals surface area contributed by atoms with Crippen LogP contribution in [-0.4, -0.2) is 10.9 Å². The highest BCUT2D eigenvalue weighted by molar-refractivity contribution is 7.16. The summed E-state index contributed by atoms with van der Waals surface area (Å²) in [6.07, 6.45) is 1.35. The van der Waals surface area contributed by atoms with Crippen LogP contribution in [0.1, 0.15) is 10.4 Å². The van der Waals surface area contributed by atoms with Gasteiger partial charge in [-0.3, -0.25) is 9.59 Å². The summed E-state index contributed by atoms with van der Waals surface area (Å²) in [5.74, 6) is -0.700. The predicted octanol–water partition coefficient (Wildman–Crippen LogP) is 0.688. The zero-order valence-corrected chi connectivity index (χ0v) is 7.35. The number of pyridine rings is 1. The molecule has 0 aliphatic heterocycles. The third-order valence-corrected chi connectivity index (χ3v) is 2.61. The molecule has 1 amide bonds. The van der Waals surface area contributed by atoms with Gasteiger partial charge in [-0.25, -0.2) is 0 Å². The topological polar surface area (TPSA) is 76.0 Å². The first kappa shape index (κ1) is 8.00. The van der Waals surface area contributed by atoms with Gasteiger partial charge in [0, 0.05) is 6.20 Å². The van der Waals surface area contributed by atoms with E-state index in [2.05, 4.69) is 4.98 Å². The van der Waals surface area contributed by atoms with Gasteiger partial charge in [0.2, 0.25) is 5.43 Å². The highest BCUT2D eigenvalue weighted by atomic mass is 32.1. The maximum atomic E-state index is 11.5. The number of nitrogens with one attached hydrogen (secondary N) is 1. The van der Waals surface area contributed by atoms with Crippen LogP contribution in [0.2, 0.25) is 0 Å². The second-order valence-electron chi connectivity index (χ2n) is 2.56. The molecule has 0 aromatic carbocycles. The Hall–Kier alpha value is -1.62. The van der Waals surface area contributed by atoms with Crippen LogP contribution in [0.15, 0.2) is 22.4 Å². The van der Waals surface area contributed by atoms with E-state index in [0.29, 0.717) is 5.39 Å². The minimum absolute atomic E-state index is 0.00546. The molecule has 0 unspecified atom stereocenters. The fourth-order valence-corrected chi connectivity index (χ4v) is 1.89. The van der Waals surface area contributed by atoms with Crippen LogP contribution in [-0.2, 0) is 0 Å². The van der Waals surface area contributed by atoms with Gasteiger partial charge in [0.1, 0.15) is 10.4 Å². The Morgan fingerprint density at radius 3 is 3.00 bits per heavy atom. The summed E-state index contributed by atoms with van der Waals surface area (Å²) in [7, 11) is 0. The first-order valence-electron chi connectivity index (χ1n) is 3.59. The van der Waals surface area contributed by atoms with Gasteiger partial charge in [0.05, 0.1) is 5.39 Å². The highest BCUT2D eigenvalue weighted by Gasteiger charge is 2.09. The van der Waals surface area contributed by atoms with Crippen LogP contribution < -0.4 is 11.2 Å². The van der Waals surface area contributed by atoms with Gasteiger partial charge in [-0.2, -0.15) is 0 Å². The van der Waals surface area contributed by atoms with Crippen molar-refractivity contribution in [2.75, 3.05) is 0 Å². The number of carbonyl (C=O) groups is 1. The summed E-state index contributed by atoms with van der Waals surface area (Å²) in [6.45, 7) is 0. The first-order chi connectivity index (χ1) is 6.20. The largest absolute Gasteiger partial charge is 0.365 e. The molecule has 0 radical (unpaired) electrons. The number of fused-ring (bicyclic) bond motifs is 1. The molecule has 5 heteroatoms. The lowest BCUT2D eigenvalue weighted by Gasteiger charge is -1.93. The molecule has 0 atom stereocenters. The molecule has 0 saturated heterocycles. The van der Waals surface area contributed by atoms with Crippen LogP contribution in [0.3, 0.4) is 0 Å². The molecule has 13 heavy (non-hydrogen) atoms. The number of hydrogen-bond acceptors (Lipinski definition) is 3. The van der Waals surface area contributed by atoms with Crippen molar-refractivity contribution in [1.82, 2.24) is 4.98 Å². The number of rotatable bonds is 1. The third kappa shape index (κ3) is 1.13. The van der Waals surface area contributed by atoms with Crippen LogP contribution in [0.25, 0.3) is 10.2 Å². The van der Waals surface area contributed by atoms with Gasteiger partial charge in [-0.1, -0.05) is 0 Å². The summed E-state index contributed by atoms with van der Waals surface area (Å²) in [5.41, 5.74) is 4.72. The Kier molecular flexibility index (Phi) is 1.66. The lowest BCUT2D eigenvalue weighted by Crippen LogP contribution is -2.21. The Bertz CT molecular complexity index is 526. The summed E-state index contributed by atoms with van der Waals surface area (Å²) in [5, 5.41) is 2.30. The van der Waals surface area contributed by atoms with Crippen molar-refractivity contribution in [2.24, 2.45) is 5.73 Å². The average molecular weight is 194 g/mol. The van der Waals surface area contributed by atoms with Crippen molar-refractivity contribution in [1.29, 1.82) is 0 Å². The summed E-state index contributed by atoms with van der Waals surface area (Å²) >= 11 is 1.41. The standard InChI is InChI=1S/C8H6N2O2S/c9-7(12)5-3-10-8-4(6(5)11)1-2-13-8/h1-3H,(H2,9,12)(H,10,11). The molecule has 0 saturated carbocycles. The van der Waals surface area contributed by atoms with Crippen molar-refractivity contribution < 1.29 is 4.79 Å². The number of aromatic nitrogens is 1. The van der Waals surface area contributed by atoms with Crippen LogP contribution >= 0.6 is 11.3 Å². The van der Waals surface area contributed by atoms with E-state index in [0.717, 1.165) is 4.83 Å². The molecule has 2 aromatic rings. The first-order valence-corrected chi connectivity index (χ1v) is 4.47. The quantitative estimate of drug-likeness (QED) is 0.700. The molecule has 0 bridgehead atoms. The lowest BCUT2D eigenvalue weighted by atomic mass is 10.2. The molecule has 2 aromatic heterocycles. The van der Waals surface area contributed by atoms with Gasteiger partial charge in [-0.15, -0.1) is 11.3 Å². The van der Waals surface area contributed by atoms with Crippen molar-refractivity contribution >= 4 is 27.5 Å². The second kappa shape index (κ2) is 2.70. The Labute approximate surface area is 77.0 Å². The minimum atomic E-state index is -0.700. The molecule has 66 valence electrons. The van der Waals surface area contributed by atoms with Gasteiger partial charge in [0.25, 0.3) is 5.91 Å². The van der Waals surface area contributed by atoms with Crippen molar-refractivity contribution in [3.8, 4) is 0 Å². The van der Waals surface area contributed by atoms with E-state index in [9.17, 15) is 9.59 Å². The van der Waals surface area contributed by atoms with Crippen molar-refractivity contribution in [3.63, 3.8) is 0 Å². The van der Waals surface area contributed by atoms with Gasteiger partial charge in [-0.05, 0) is 11.4 Å². The Morgan fingerprint density at radius 1 is 1.54 bits per heavy atom. The maximum Gasteiger partial charge on any atom is 0.254 e. The predicted molar refractivity (Wildman–Crippen MR) is 51.0 cm³/mol. The van der Waals surface area contributed by atoms with Crippen molar-refractivity contribution in [3.05, 3.63) is 33.4 Å². The third-order valence-electron chi connectivity index (χ3n) is 1.77. The fourth-order valence-electron chi connectivity index (χ4n) is 1.13. The number of hydrogen-bond donors (Lipinski definition) is 2. The second-order valence-corrected chi connectivity index (χ2v) is 3.48. The van der Waals surface area contributed by atoms with Crippen LogP contribution in [0.5, 0.6) is 0 Å². The SMILES string of the molecule is NC(=O)c1c[nH]c2sccc2c1=O. The van der Waals surface area contributed by atoms with E-state index < -0.39 is 5.91 Å². The molecule has 2 heterocycles. The summed E-state index contributed by atoms with van der Waals surface area (Å²) in [4.78, 5) is 25.9. The Balaban J connectivity index is 2.89. The lowest BCUT2D eigenvalue weighted by molar-refractivity contribution is 0.0999. The van der Waals surface area contributed by atoms with E-state index in [-0.39, 0.29) is 11.0 Å². The van der Waals surface area contributed by atoms with Gasteiger partial charge >= 0.3 is 0 Å². The molecule has 0 spiro atoms. The monoisotopic (exact) mass is 194 g/mol. The fraction of sp³-hybridized carbons (Fsp3) is 0. The number of nitrogens with two attached hydrogens (primary N) is 1. The van der Waals surface area contributed by atoms with E-state index in [4.69, 9.17) is 5.73 Å². The number of primary amides is 1.